The molecule has 0 saturated heterocycles. The Kier molecular flexibility index (Phi) is 8.58. The summed E-state index contributed by atoms with van der Waals surface area (Å²) in [6.45, 7) is -0.580. The minimum Gasteiger partial charge on any atom is -0.455 e. The van der Waals surface area contributed by atoms with Crippen LogP contribution in [0, 0.1) is 17.1 Å². The van der Waals surface area contributed by atoms with E-state index in [1.54, 1.807) is 24.3 Å². The lowest BCUT2D eigenvalue weighted by molar-refractivity contribution is -0.145. The molecule has 28 heavy (non-hydrogen) atoms. The number of rotatable bonds is 8. The highest BCUT2D eigenvalue weighted by Crippen LogP contribution is 2.29. The molecule has 0 spiro atoms. The second-order valence-corrected chi connectivity index (χ2v) is 7.29. The maximum Gasteiger partial charge on any atom is 0.316 e. The monoisotopic (exact) mass is 440 g/mol. The van der Waals surface area contributed by atoms with Gasteiger partial charge in [0.1, 0.15) is 5.82 Å². The van der Waals surface area contributed by atoms with Crippen molar-refractivity contribution >= 4 is 52.5 Å². The number of nitriles is 1. The Morgan fingerprint density at radius 1 is 1.21 bits per heavy atom. The fourth-order valence-electron chi connectivity index (χ4n) is 2.20. The van der Waals surface area contributed by atoms with Gasteiger partial charge in [0.15, 0.2) is 6.61 Å². The number of esters is 1. The first-order chi connectivity index (χ1) is 13.4. The van der Waals surface area contributed by atoms with Crippen molar-refractivity contribution in [3.8, 4) is 6.07 Å². The summed E-state index contributed by atoms with van der Waals surface area (Å²) in [5, 5.41) is 9.69. The van der Waals surface area contributed by atoms with Gasteiger partial charge in [-0.25, -0.2) is 4.39 Å². The number of hydrogen-bond acceptors (Lipinski definition) is 5. The summed E-state index contributed by atoms with van der Waals surface area (Å²) >= 11 is 13.0. The third-order valence-corrected chi connectivity index (χ3v) is 5.19. The Balaban J connectivity index is 1.94. The lowest BCUT2D eigenvalue weighted by Gasteiger charge is -2.22. The van der Waals surface area contributed by atoms with Gasteiger partial charge in [-0.3, -0.25) is 9.59 Å². The molecule has 0 unspecified atom stereocenters. The Hall–Kier alpha value is -2.27. The average Bonchev–Trinajstić information content (AvgIpc) is 2.68. The van der Waals surface area contributed by atoms with Gasteiger partial charge in [0.2, 0.25) is 0 Å². The van der Waals surface area contributed by atoms with Crippen molar-refractivity contribution in [1.29, 1.82) is 5.26 Å². The molecule has 0 fully saturated rings. The first-order valence-electron chi connectivity index (χ1n) is 8.07. The zero-order valence-electron chi connectivity index (χ0n) is 14.5. The number of benzene rings is 2. The number of ether oxygens (including phenoxy) is 1. The molecular formula is C19H15Cl2FN2O3S. The molecule has 0 aromatic heterocycles. The molecule has 0 N–H and O–H groups in total. The van der Waals surface area contributed by atoms with Crippen LogP contribution in [-0.4, -0.2) is 30.8 Å². The van der Waals surface area contributed by atoms with Crippen molar-refractivity contribution in [3.05, 3.63) is 58.3 Å². The summed E-state index contributed by atoms with van der Waals surface area (Å²) in [7, 11) is 0. The van der Waals surface area contributed by atoms with Crippen LogP contribution in [0.1, 0.15) is 6.42 Å². The number of carbonyl (C=O) groups is 2. The molecule has 2 aromatic rings. The van der Waals surface area contributed by atoms with Gasteiger partial charge in [0.05, 0.1) is 29.0 Å². The Morgan fingerprint density at radius 2 is 1.96 bits per heavy atom. The molecular weight excluding hydrogens is 426 g/mol. The first kappa shape index (κ1) is 22.0. The van der Waals surface area contributed by atoms with E-state index in [-0.39, 0.29) is 24.4 Å². The average molecular weight is 441 g/mol. The van der Waals surface area contributed by atoms with Crippen LogP contribution >= 0.6 is 35.0 Å². The Bertz CT molecular complexity index is 905. The number of amides is 1. The number of hydrogen-bond donors (Lipinski definition) is 0. The van der Waals surface area contributed by atoms with E-state index in [2.05, 4.69) is 0 Å². The van der Waals surface area contributed by atoms with Crippen molar-refractivity contribution < 1.29 is 18.7 Å². The predicted molar refractivity (Wildman–Crippen MR) is 107 cm³/mol. The minimum absolute atomic E-state index is 0.0110. The topological polar surface area (TPSA) is 70.4 Å². The molecule has 0 aliphatic heterocycles. The smallest absolute Gasteiger partial charge is 0.316 e. The fraction of sp³-hybridized carbons (Fsp3) is 0.211. The van der Waals surface area contributed by atoms with E-state index in [4.69, 9.17) is 33.2 Å². The normalized spacial score (nSPS) is 10.2. The maximum atomic E-state index is 14.0. The van der Waals surface area contributed by atoms with E-state index in [1.807, 2.05) is 6.07 Å². The van der Waals surface area contributed by atoms with Crippen LogP contribution in [-0.2, 0) is 14.3 Å². The van der Waals surface area contributed by atoms with Gasteiger partial charge in [-0.2, -0.15) is 5.26 Å². The van der Waals surface area contributed by atoms with Gasteiger partial charge in [0.25, 0.3) is 5.91 Å². The van der Waals surface area contributed by atoms with Crippen LogP contribution in [0.4, 0.5) is 10.1 Å². The second kappa shape index (κ2) is 10.9. The van der Waals surface area contributed by atoms with Crippen LogP contribution in [0.25, 0.3) is 0 Å². The fourth-order valence-corrected chi connectivity index (χ4v) is 3.49. The third-order valence-electron chi connectivity index (χ3n) is 3.49. The summed E-state index contributed by atoms with van der Waals surface area (Å²) in [6, 6.07) is 12.5. The van der Waals surface area contributed by atoms with Gasteiger partial charge in [-0.1, -0.05) is 35.3 Å². The molecule has 0 aliphatic carbocycles. The number of nitrogens with zero attached hydrogens (tertiary/aromatic N) is 2. The van der Waals surface area contributed by atoms with Crippen molar-refractivity contribution in [1.82, 2.24) is 0 Å². The maximum absolute atomic E-state index is 14.0. The zero-order chi connectivity index (χ0) is 20.5. The molecule has 5 nitrogen and oxygen atoms in total. The van der Waals surface area contributed by atoms with Gasteiger partial charge in [-0.15, -0.1) is 11.8 Å². The SMILES string of the molecule is N#CCCN(C(=O)COC(=O)CSc1cc(Cl)ccc1Cl)c1ccccc1F. The van der Waals surface area contributed by atoms with Gasteiger partial charge >= 0.3 is 5.97 Å². The highest BCUT2D eigenvalue weighted by molar-refractivity contribution is 8.00. The van der Waals surface area contributed by atoms with Crippen LogP contribution < -0.4 is 4.90 Å². The summed E-state index contributed by atoms with van der Waals surface area (Å²) in [5.41, 5.74) is 0.0267. The van der Waals surface area contributed by atoms with E-state index >= 15 is 0 Å². The lowest BCUT2D eigenvalue weighted by Crippen LogP contribution is -2.36. The number of carbonyl (C=O) groups excluding carboxylic acids is 2. The predicted octanol–water partition coefficient (Wildman–Crippen LogP) is 4.71. The van der Waals surface area contributed by atoms with Crippen LogP contribution in [0.2, 0.25) is 10.0 Å². The van der Waals surface area contributed by atoms with Crippen LogP contribution in [0.3, 0.4) is 0 Å². The van der Waals surface area contributed by atoms with Crippen molar-refractivity contribution in [2.75, 3.05) is 23.8 Å². The highest BCUT2D eigenvalue weighted by atomic mass is 35.5. The highest BCUT2D eigenvalue weighted by Gasteiger charge is 2.20. The van der Waals surface area contributed by atoms with Gasteiger partial charge in [0, 0.05) is 16.5 Å². The van der Waals surface area contributed by atoms with Crippen LogP contribution in [0.15, 0.2) is 47.4 Å². The van der Waals surface area contributed by atoms with Crippen molar-refractivity contribution in [3.63, 3.8) is 0 Å². The molecule has 1 amide bonds. The van der Waals surface area contributed by atoms with Crippen LogP contribution in [0.5, 0.6) is 0 Å². The van der Waals surface area contributed by atoms with Crippen molar-refractivity contribution in [2.24, 2.45) is 0 Å². The number of halogens is 3. The van der Waals surface area contributed by atoms with E-state index in [0.29, 0.717) is 14.9 Å². The lowest BCUT2D eigenvalue weighted by atomic mass is 10.2. The molecule has 9 heteroatoms. The molecule has 0 atom stereocenters. The summed E-state index contributed by atoms with van der Waals surface area (Å²) in [6.07, 6.45) is 0.0110. The largest absolute Gasteiger partial charge is 0.455 e. The van der Waals surface area contributed by atoms with E-state index < -0.39 is 24.3 Å². The molecule has 0 aliphatic rings. The third kappa shape index (κ3) is 6.41. The number of para-hydroxylation sites is 1. The quantitative estimate of drug-likeness (QED) is 0.438. The van der Waals surface area contributed by atoms with E-state index in [0.717, 1.165) is 16.7 Å². The molecule has 2 aromatic carbocycles. The molecule has 0 saturated carbocycles. The second-order valence-electron chi connectivity index (χ2n) is 5.43. The summed E-state index contributed by atoms with van der Waals surface area (Å²) in [4.78, 5) is 26.0. The van der Waals surface area contributed by atoms with E-state index in [9.17, 15) is 14.0 Å². The number of anilines is 1. The van der Waals surface area contributed by atoms with Crippen molar-refractivity contribution in [2.45, 2.75) is 11.3 Å². The molecule has 0 heterocycles. The standard InChI is InChI=1S/C19H15Cl2FN2O3S/c20-13-6-7-14(21)17(10-13)28-12-19(26)27-11-18(25)24(9-3-8-23)16-5-2-1-4-15(16)22/h1-2,4-7,10H,3,9,11-12H2. The minimum atomic E-state index is -0.636. The van der Waals surface area contributed by atoms with Gasteiger partial charge in [-0.05, 0) is 30.3 Å². The first-order valence-corrected chi connectivity index (χ1v) is 9.82. The summed E-state index contributed by atoms with van der Waals surface area (Å²) in [5.74, 6) is -1.94. The molecule has 2 rings (SSSR count). The molecule has 0 radical (unpaired) electrons. The Morgan fingerprint density at radius 3 is 2.68 bits per heavy atom. The number of thioether (sulfide) groups is 1. The van der Waals surface area contributed by atoms with E-state index in [1.165, 1.54) is 18.2 Å². The molecule has 0 bridgehead atoms. The summed E-state index contributed by atoms with van der Waals surface area (Å²) < 4.78 is 19.0. The molecule has 146 valence electrons. The Labute approximate surface area is 176 Å². The van der Waals surface area contributed by atoms with Gasteiger partial charge < -0.3 is 9.64 Å². The zero-order valence-corrected chi connectivity index (χ0v) is 16.9.